The number of anilines is 1. The second kappa shape index (κ2) is 7.93. The summed E-state index contributed by atoms with van der Waals surface area (Å²) in [4.78, 5) is 2.05. The van der Waals surface area contributed by atoms with Crippen LogP contribution in [0, 0.1) is 0 Å². The lowest BCUT2D eigenvalue weighted by atomic mass is 10.2. The average Bonchev–Trinajstić information content (AvgIpc) is 3.44. The van der Waals surface area contributed by atoms with Gasteiger partial charge in [-0.3, -0.25) is 0 Å². The molecule has 4 rings (SSSR count). The number of rotatable bonds is 5. The highest BCUT2D eigenvalue weighted by Crippen LogP contribution is 2.33. The Kier molecular flexibility index (Phi) is 5.43. The summed E-state index contributed by atoms with van der Waals surface area (Å²) in [5, 5.41) is 2.94. The van der Waals surface area contributed by atoms with Crippen LogP contribution in [0.4, 0.5) is 18.9 Å². The van der Waals surface area contributed by atoms with E-state index in [1.165, 1.54) is 16.4 Å². The third-order valence-electron chi connectivity index (χ3n) is 4.89. The summed E-state index contributed by atoms with van der Waals surface area (Å²) in [6.45, 7) is 1.40. The maximum atomic E-state index is 12.9. The van der Waals surface area contributed by atoms with Gasteiger partial charge in [-0.2, -0.15) is 17.5 Å². The molecule has 0 unspecified atom stereocenters. The third-order valence-corrected chi connectivity index (χ3v) is 6.67. The van der Waals surface area contributed by atoms with Crippen LogP contribution in [0.25, 0.3) is 11.5 Å². The van der Waals surface area contributed by atoms with E-state index in [0.29, 0.717) is 19.2 Å². The molecule has 0 spiro atoms. The van der Waals surface area contributed by atoms with E-state index in [9.17, 15) is 21.6 Å². The number of alkyl halides is 3. The number of nitrogens with zero attached hydrogens (tertiary/aromatic N) is 3. The van der Waals surface area contributed by atoms with Gasteiger partial charge in [0.2, 0.25) is 10.9 Å². The van der Waals surface area contributed by atoms with E-state index in [1.807, 2.05) is 29.2 Å². The number of hydrogen-bond donors (Lipinski definition) is 0. The van der Waals surface area contributed by atoms with Crippen LogP contribution in [0.2, 0.25) is 0 Å². The molecule has 0 bridgehead atoms. The first-order chi connectivity index (χ1) is 14.7. The van der Waals surface area contributed by atoms with Crippen molar-refractivity contribution < 1.29 is 35.3 Å². The highest BCUT2D eigenvalue weighted by atomic mass is 32.2. The fourth-order valence-corrected chi connectivity index (χ4v) is 4.56. The molecule has 1 fully saturated rings. The van der Waals surface area contributed by atoms with E-state index >= 15 is 0 Å². The molecule has 0 amide bonds. The summed E-state index contributed by atoms with van der Waals surface area (Å²) in [5.74, 6) is -0.694. The zero-order valence-electron chi connectivity index (χ0n) is 16.3. The lowest BCUT2D eigenvalue weighted by Crippen LogP contribution is -2.48. The first-order valence-corrected chi connectivity index (χ1v) is 10.7. The van der Waals surface area contributed by atoms with Crippen LogP contribution in [0.1, 0.15) is 5.76 Å². The number of sulfonamides is 1. The third kappa shape index (κ3) is 4.26. The molecule has 166 valence electrons. The van der Waals surface area contributed by atoms with E-state index < -0.39 is 22.0 Å². The van der Waals surface area contributed by atoms with Crippen molar-refractivity contribution in [3.05, 3.63) is 48.2 Å². The van der Waals surface area contributed by atoms with Gasteiger partial charge in [0.25, 0.3) is 10.0 Å². The fourth-order valence-electron chi connectivity index (χ4n) is 3.23. The molecule has 2 aromatic heterocycles. The fraction of sp³-hybridized carbons (Fsp3) is 0.316. The zero-order chi connectivity index (χ0) is 22.2. The summed E-state index contributed by atoms with van der Waals surface area (Å²) >= 11 is 0. The van der Waals surface area contributed by atoms with Crippen LogP contribution in [0.15, 0.2) is 56.5 Å². The Morgan fingerprint density at radius 2 is 1.71 bits per heavy atom. The van der Waals surface area contributed by atoms with E-state index in [1.54, 1.807) is 7.11 Å². The molecule has 8 nitrogen and oxygen atoms in total. The van der Waals surface area contributed by atoms with E-state index in [-0.39, 0.29) is 29.6 Å². The van der Waals surface area contributed by atoms with Gasteiger partial charge in [0, 0.05) is 37.9 Å². The van der Waals surface area contributed by atoms with Crippen molar-refractivity contribution in [1.29, 1.82) is 0 Å². The first-order valence-electron chi connectivity index (χ1n) is 9.22. The molecule has 0 N–H and O–H groups in total. The molecule has 31 heavy (non-hydrogen) atoms. The van der Waals surface area contributed by atoms with E-state index in [2.05, 4.69) is 9.68 Å². The molecule has 0 aliphatic carbocycles. The largest absolute Gasteiger partial charge is 0.497 e. The van der Waals surface area contributed by atoms with Gasteiger partial charge in [0.05, 0.1) is 7.11 Å². The molecule has 1 aromatic carbocycles. The smallest absolute Gasteiger partial charge is 0.452 e. The highest BCUT2D eigenvalue weighted by Gasteiger charge is 2.37. The van der Waals surface area contributed by atoms with Crippen LogP contribution < -0.4 is 9.64 Å². The number of halogens is 3. The molecular weight excluding hydrogens is 439 g/mol. The molecule has 1 aliphatic heterocycles. The maximum Gasteiger partial charge on any atom is 0.452 e. The molecule has 0 radical (unpaired) electrons. The molecule has 1 aliphatic rings. The minimum atomic E-state index is -4.70. The van der Waals surface area contributed by atoms with Crippen molar-refractivity contribution in [2.45, 2.75) is 11.3 Å². The molecule has 3 aromatic rings. The average molecular weight is 457 g/mol. The van der Waals surface area contributed by atoms with Gasteiger partial charge in [-0.15, -0.1) is 0 Å². The number of methoxy groups -OCH3 is 1. The van der Waals surface area contributed by atoms with Crippen molar-refractivity contribution in [1.82, 2.24) is 9.46 Å². The second-order valence-electron chi connectivity index (χ2n) is 6.78. The Labute approximate surface area is 175 Å². The van der Waals surface area contributed by atoms with E-state index in [0.717, 1.165) is 11.4 Å². The maximum absolute atomic E-state index is 12.9. The lowest BCUT2D eigenvalue weighted by molar-refractivity contribution is -0.155. The summed E-state index contributed by atoms with van der Waals surface area (Å²) in [7, 11) is -2.37. The van der Waals surface area contributed by atoms with Crippen molar-refractivity contribution in [3.63, 3.8) is 0 Å². The second-order valence-corrected chi connectivity index (χ2v) is 8.65. The van der Waals surface area contributed by atoms with Crippen molar-refractivity contribution in [2.24, 2.45) is 0 Å². The molecule has 12 heteroatoms. The molecule has 0 atom stereocenters. The predicted octanol–water partition coefficient (Wildman–Crippen LogP) is 3.47. The van der Waals surface area contributed by atoms with E-state index in [4.69, 9.17) is 9.15 Å². The van der Waals surface area contributed by atoms with Crippen LogP contribution in [0.3, 0.4) is 0 Å². The number of benzene rings is 1. The Morgan fingerprint density at radius 3 is 2.29 bits per heavy atom. The summed E-state index contributed by atoms with van der Waals surface area (Å²) in [5.41, 5.74) is 0.711. The summed E-state index contributed by atoms with van der Waals surface area (Å²) in [6, 6.07) is 10.6. The predicted molar refractivity (Wildman–Crippen MR) is 103 cm³/mol. The van der Waals surface area contributed by atoms with Crippen LogP contribution in [0.5, 0.6) is 5.75 Å². The topological polar surface area (TPSA) is 89.0 Å². The Morgan fingerprint density at radius 1 is 1.03 bits per heavy atom. The van der Waals surface area contributed by atoms with Gasteiger partial charge in [-0.1, -0.05) is 5.16 Å². The number of furan rings is 1. The first kappa shape index (κ1) is 21.2. The minimum absolute atomic E-state index is 0.130. The highest BCUT2D eigenvalue weighted by molar-refractivity contribution is 7.89. The Balaban J connectivity index is 1.45. The quantitative estimate of drug-likeness (QED) is 0.580. The summed E-state index contributed by atoms with van der Waals surface area (Å²) < 4.78 is 79.8. The van der Waals surface area contributed by atoms with Crippen LogP contribution >= 0.6 is 0 Å². The number of piperazine rings is 1. The van der Waals surface area contributed by atoms with Gasteiger partial charge in [-0.05, 0) is 36.4 Å². The SMILES string of the molecule is COc1ccc(N2CCN(S(=O)(=O)c3ccc(-c4cc(C(F)(F)F)on4)o3)CC2)cc1. The number of hydrogen-bond acceptors (Lipinski definition) is 7. The van der Waals surface area contributed by atoms with Gasteiger partial charge >= 0.3 is 6.18 Å². The van der Waals surface area contributed by atoms with Crippen molar-refractivity contribution in [3.8, 4) is 17.2 Å². The lowest BCUT2D eigenvalue weighted by Gasteiger charge is -2.34. The normalized spacial score (nSPS) is 15.9. The van der Waals surface area contributed by atoms with Gasteiger partial charge in [-0.25, -0.2) is 8.42 Å². The van der Waals surface area contributed by atoms with Crippen molar-refractivity contribution in [2.75, 3.05) is 38.2 Å². The Hall–Kier alpha value is -2.99. The van der Waals surface area contributed by atoms with Gasteiger partial charge in [0.1, 0.15) is 11.4 Å². The molecular formula is C19H18F3N3O5S. The van der Waals surface area contributed by atoms with Crippen LogP contribution in [-0.2, 0) is 16.2 Å². The Bertz CT molecular complexity index is 1150. The molecule has 0 saturated carbocycles. The van der Waals surface area contributed by atoms with Gasteiger partial charge in [0.15, 0.2) is 5.76 Å². The zero-order valence-corrected chi connectivity index (χ0v) is 17.1. The van der Waals surface area contributed by atoms with Crippen molar-refractivity contribution >= 4 is 15.7 Å². The number of ether oxygens (including phenoxy) is 1. The number of aromatic nitrogens is 1. The minimum Gasteiger partial charge on any atom is -0.497 e. The monoisotopic (exact) mass is 457 g/mol. The van der Waals surface area contributed by atoms with Crippen LogP contribution in [-0.4, -0.2) is 51.2 Å². The standard InChI is InChI=1S/C19H18F3N3O5S/c1-28-14-4-2-13(3-5-14)24-8-10-25(11-9-24)31(26,27)18-7-6-16(29-18)15-12-17(30-23-15)19(20,21)22/h2-7,12H,8-11H2,1H3. The molecule has 3 heterocycles. The summed E-state index contributed by atoms with van der Waals surface area (Å²) in [6.07, 6.45) is -4.70. The van der Waals surface area contributed by atoms with Gasteiger partial charge < -0.3 is 18.6 Å². The molecule has 1 saturated heterocycles.